The highest BCUT2D eigenvalue weighted by atomic mass is 35.5. The van der Waals surface area contributed by atoms with E-state index in [1.807, 2.05) is 0 Å². The second-order valence-corrected chi connectivity index (χ2v) is 17.9. The molecule has 0 aliphatic rings. The molecule has 0 atom stereocenters. The van der Waals surface area contributed by atoms with Gasteiger partial charge in [-0.25, -0.2) is 8.42 Å². The van der Waals surface area contributed by atoms with Crippen molar-refractivity contribution in [2.45, 2.75) is 39.3 Å². The van der Waals surface area contributed by atoms with Crippen LogP contribution >= 0.6 is 0 Å². The fourth-order valence-electron chi connectivity index (χ4n) is 6.95. The Morgan fingerprint density at radius 3 is 0.677 bits per heavy atom. The van der Waals surface area contributed by atoms with Crippen molar-refractivity contribution in [2.24, 2.45) is 0 Å². The molecule has 6 aromatic rings. The lowest BCUT2D eigenvalue weighted by Gasteiger charge is -2.21. The summed E-state index contributed by atoms with van der Waals surface area (Å²) in [7, 11) is 12.7. The molecule has 0 spiro atoms. The average Bonchev–Trinajstić information content (AvgIpc) is 3.22. The van der Waals surface area contributed by atoms with Crippen molar-refractivity contribution in [1.82, 2.24) is 0 Å². The number of benzene rings is 6. The number of halogens is 1. The van der Waals surface area contributed by atoms with Crippen LogP contribution in [-0.2, 0) is 49.4 Å². The average molecular weight is 880 g/mol. The Labute approximate surface area is 379 Å². The van der Waals surface area contributed by atoms with Crippen molar-refractivity contribution in [2.75, 3.05) is 82.2 Å². The van der Waals surface area contributed by atoms with Gasteiger partial charge in [-0.1, -0.05) is 109 Å². The summed E-state index contributed by atoms with van der Waals surface area (Å²) in [5, 5.41) is 0. The van der Waals surface area contributed by atoms with Crippen molar-refractivity contribution < 1.29 is 35.2 Å². The molecule has 62 heavy (non-hydrogen) atoms. The minimum Gasteiger partial charge on any atom is -1.00 e. The molecule has 6 aromatic carbocycles. The standard InChI is InChI=1S/2C25H31N3.CH4O3S.ClH/c2*1-26(2)24-14-10-22(11-15-24)19-28(18-21-8-6-5-7-9-21)20-23-12-16-25(17-13-23)27(3)4;1-5(2,3)4;/h2*5-17H,18-20H2,1-4H3;1H3,(H,2,3,4);1H. The third-order valence-electron chi connectivity index (χ3n) is 10.2. The molecular weight excluding hydrogens is 812 g/mol. The topological polar surface area (TPSA) is 79.0 Å². The van der Waals surface area contributed by atoms with Crippen LogP contribution in [0.4, 0.5) is 22.7 Å². The molecule has 0 saturated heterocycles. The number of quaternary nitrogens is 2. The van der Waals surface area contributed by atoms with E-state index in [9.17, 15) is 0 Å². The van der Waals surface area contributed by atoms with Crippen molar-refractivity contribution in [1.29, 1.82) is 0 Å². The van der Waals surface area contributed by atoms with Crippen molar-refractivity contribution in [3.8, 4) is 0 Å². The molecule has 11 heteroatoms. The first-order valence-electron chi connectivity index (χ1n) is 20.7. The maximum Gasteiger partial charge on any atom is 0.103 e. The van der Waals surface area contributed by atoms with Gasteiger partial charge in [0.25, 0.3) is 0 Å². The number of hydrogen-bond donors (Lipinski definition) is 2. The fraction of sp³-hybridized carbons (Fsp3) is 0.294. The van der Waals surface area contributed by atoms with Crippen LogP contribution in [0.25, 0.3) is 0 Å². The lowest BCUT2D eigenvalue weighted by molar-refractivity contribution is -0.941. The number of rotatable bonds is 16. The zero-order valence-electron chi connectivity index (χ0n) is 38.1. The Hall–Kier alpha value is -5.36. The molecule has 0 unspecified atom stereocenters. The van der Waals surface area contributed by atoms with Gasteiger partial charge in [0.05, 0.1) is 10.1 Å². The Kier molecular flexibility index (Phi) is 21.0. The van der Waals surface area contributed by atoms with Gasteiger partial charge in [-0.2, -0.15) is 0 Å². The minimum absolute atomic E-state index is 0. The summed E-state index contributed by atoms with van der Waals surface area (Å²) in [5.74, 6) is 0. The summed E-state index contributed by atoms with van der Waals surface area (Å²) in [5.41, 5.74) is 13.2. The van der Waals surface area contributed by atoms with Crippen LogP contribution in [0.2, 0.25) is 0 Å². The van der Waals surface area contributed by atoms with Crippen LogP contribution in [0.5, 0.6) is 0 Å². The number of nitrogens with zero attached hydrogens (tertiary/aromatic N) is 4. The summed E-state index contributed by atoms with van der Waals surface area (Å²) in [6.45, 7) is 6.09. The summed E-state index contributed by atoms with van der Waals surface area (Å²) >= 11 is 0. The number of anilines is 4. The van der Waals surface area contributed by atoms with Crippen molar-refractivity contribution in [3.05, 3.63) is 191 Å². The van der Waals surface area contributed by atoms with Gasteiger partial charge in [0.15, 0.2) is 0 Å². The smallest absolute Gasteiger partial charge is 0.103 e. The van der Waals surface area contributed by atoms with E-state index in [4.69, 9.17) is 13.0 Å². The van der Waals surface area contributed by atoms with Crippen LogP contribution < -0.4 is 41.8 Å². The van der Waals surface area contributed by atoms with E-state index in [2.05, 4.69) is 234 Å². The van der Waals surface area contributed by atoms with Gasteiger partial charge >= 0.3 is 0 Å². The third kappa shape index (κ3) is 19.1. The van der Waals surface area contributed by atoms with E-state index in [-0.39, 0.29) is 12.4 Å². The van der Waals surface area contributed by atoms with E-state index >= 15 is 0 Å². The van der Waals surface area contributed by atoms with Gasteiger partial charge in [-0.15, -0.1) is 0 Å². The molecule has 332 valence electrons. The zero-order chi connectivity index (χ0) is 44.4. The molecule has 0 heterocycles. The molecule has 0 radical (unpaired) electrons. The second-order valence-electron chi connectivity index (χ2n) is 16.5. The first kappa shape index (κ1) is 51.0. The second kappa shape index (κ2) is 25.5. The summed E-state index contributed by atoms with van der Waals surface area (Å²) < 4.78 is 27.2. The lowest BCUT2D eigenvalue weighted by atomic mass is 10.1. The summed E-state index contributed by atoms with van der Waals surface area (Å²) in [6, 6.07) is 57.3. The van der Waals surface area contributed by atoms with Crippen LogP contribution in [0, 0.1) is 0 Å². The number of nitrogens with one attached hydrogen (secondary N) is 2. The van der Waals surface area contributed by atoms with E-state index in [0.717, 1.165) is 39.3 Å². The predicted octanol–water partition coefficient (Wildman–Crippen LogP) is 3.37. The molecule has 9 nitrogen and oxygen atoms in total. The molecule has 6 rings (SSSR count). The molecule has 0 aliphatic heterocycles. The molecule has 0 aliphatic carbocycles. The molecule has 0 fully saturated rings. The van der Waals surface area contributed by atoms with Crippen LogP contribution in [0.15, 0.2) is 158 Å². The molecule has 0 aromatic heterocycles. The minimum atomic E-state index is -3.92. The fourth-order valence-corrected chi connectivity index (χ4v) is 6.95. The van der Waals surface area contributed by atoms with Gasteiger partial charge in [0.2, 0.25) is 0 Å². The van der Waals surface area contributed by atoms with E-state index in [0.29, 0.717) is 6.26 Å². The SMILES string of the molecule is CN(C)c1ccc(C[NH+](Cc2ccccc2)Cc2ccc(N(C)C)cc2)cc1.CN(C)c1ccc(C[NH+](Cc2ccccc2)Cc2ccc(N(C)C)cc2)cc1.CS(=O)(=O)[O-].[Cl-]. The molecule has 0 saturated carbocycles. The maximum atomic E-state index is 9.08. The number of hydrogen-bond acceptors (Lipinski definition) is 7. The van der Waals surface area contributed by atoms with Crippen LogP contribution in [0.1, 0.15) is 33.4 Å². The molecule has 2 N–H and O–H groups in total. The maximum absolute atomic E-state index is 9.08. The van der Waals surface area contributed by atoms with Crippen molar-refractivity contribution >= 4 is 32.9 Å². The lowest BCUT2D eigenvalue weighted by Crippen LogP contribution is -3.08. The van der Waals surface area contributed by atoms with E-state index in [1.54, 1.807) is 9.80 Å². The Bertz CT molecular complexity index is 1980. The van der Waals surface area contributed by atoms with Crippen LogP contribution in [-0.4, -0.2) is 75.6 Å². The Balaban J connectivity index is 0.000000294. The summed E-state index contributed by atoms with van der Waals surface area (Å²) in [6.07, 6.45) is 0.604. The normalized spacial score (nSPS) is 10.8. The first-order valence-corrected chi connectivity index (χ1v) is 22.5. The van der Waals surface area contributed by atoms with Gasteiger partial charge in [-0.3, -0.25) is 0 Å². The first-order chi connectivity index (χ1) is 29.0. The zero-order valence-corrected chi connectivity index (χ0v) is 39.6. The van der Waals surface area contributed by atoms with Crippen molar-refractivity contribution in [3.63, 3.8) is 0 Å². The van der Waals surface area contributed by atoms with E-state index < -0.39 is 10.1 Å². The molecule has 0 bridgehead atoms. The Morgan fingerprint density at radius 1 is 0.355 bits per heavy atom. The van der Waals surface area contributed by atoms with Gasteiger partial charge < -0.3 is 46.4 Å². The van der Waals surface area contributed by atoms with Gasteiger partial charge in [0.1, 0.15) is 39.3 Å². The van der Waals surface area contributed by atoms with Gasteiger partial charge in [0, 0.05) is 119 Å². The Morgan fingerprint density at radius 2 is 0.516 bits per heavy atom. The highest BCUT2D eigenvalue weighted by molar-refractivity contribution is 7.84. The molecular formula is C51H67ClN6O3S. The van der Waals surface area contributed by atoms with E-state index in [1.165, 1.54) is 56.1 Å². The highest BCUT2D eigenvalue weighted by Gasteiger charge is 2.14. The largest absolute Gasteiger partial charge is 1.00 e. The van der Waals surface area contributed by atoms with Gasteiger partial charge in [-0.05, 0) is 48.5 Å². The van der Waals surface area contributed by atoms with Crippen LogP contribution in [0.3, 0.4) is 0 Å². The third-order valence-corrected chi connectivity index (χ3v) is 10.2. The predicted molar refractivity (Wildman–Crippen MR) is 256 cm³/mol. The monoisotopic (exact) mass is 878 g/mol. The molecule has 0 amide bonds. The summed E-state index contributed by atoms with van der Waals surface area (Å²) in [4.78, 5) is 11.7. The quantitative estimate of drug-likeness (QED) is 0.145. The highest BCUT2D eigenvalue weighted by Crippen LogP contribution is 2.15.